The molecule has 4 aromatic rings. The summed E-state index contributed by atoms with van der Waals surface area (Å²) in [5.41, 5.74) is 3.90. The Morgan fingerprint density at radius 3 is 2.25 bits per heavy atom. The molecule has 0 spiro atoms. The number of hydrogen-bond acceptors (Lipinski definition) is 2. The van der Waals surface area contributed by atoms with Crippen LogP contribution in [0.25, 0.3) is 10.9 Å². The van der Waals surface area contributed by atoms with E-state index < -0.39 is 15.8 Å². The van der Waals surface area contributed by atoms with Crippen LogP contribution in [-0.4, -0.2) is 12.4 Å². The van der Waals surface area contributed by atoms with Gasteiger partial charge in [-0.15, -0.1) is 0 Å². The van der Waals surface area contributed by atoms with Crippen molar-refractivity contribution in [3.63, 3.8) is 0 Å². The standard InChI is InChI=1S/C23H20FNO2S/c1-16-8-11-20(12-9-16)28(26,27)25-17(2)22(14-18-6-4-3-5-7-18)21-13-10-19(24)15-23(21)25/h3-13,15H,14H2,1-2H3. The highest BCUT2D eigenvalue weighted by molar-refractivity contribution is 7.90. The average molecular weight is 393 g/mol. The minimum absolute atomic E-state index is 0.189. The Morgan fingerprint density at radius 1 is 0.893 bits per heavy atom. The number of hydrogen-bond donors (Lipinski definition) is 0. The zero-order valence-corrected chi connectivity index (χ0v) is 16.5. The first kappa shape index (κ1) is 18.4. The number of aromatic nitrogens is 1. The van der Waals surface area contributed by atoms with Gasteiger partial charge in [-0.05, 0) is 61.7 Å². The molecule has 0 aliphatic carbocycles. The lowest BCUT2D eigenvalue weighted by Crippen LogP contribution is -2.14. The third-order valence-corrected chi connectivity index (χ3v) is 6.85. The molecule has 28 heavy (non-hydrogen) atoms. The number of fused-ring (bicyclic) bond motifs is 1. The van der Waals surface area contributed by atoms with Gasteiger partial charge in [-0.3, -0.25) is 0 Å². The summed E-state index contributed by atoms with van der Waals surface area (Å²) in [6.45, 7) is 3.68. The molecule has 0 aliphatic heterocycles. The molecular weight excluding hydrogens is 373 g/mol. The Morgan fingerprint density at radius 2 is 1.57 bits per heavy atom. The molecule has 0 saturated heterocycles. The smallest absolute Gasteiger partial charge is 0.238 e. The average Bonchev–Trinajstić information content (AvgIpc) is 2.94. The second-order valence-electron chi connectivity index (χ2n) is 6.97. The fraction of sp³-hybridized carbons (Fsp3) is 0.130. The van der Waals surface area contributed by atoms with Crippen molar-refractivity contribution in [2.45, 2.75) is 25.2 Å². The molecule has 0 amide bonds. The minimum Gasteiger partial charge on any atom is -0.238 e. The van der Waals surface area contributed by atoms with E-state index >= 15 is 0 Å². The topological polar surface area (TPSA) is 39.1 Å². The van der Waals surface area contributed by atoms with Crippen LogP contribution >= 0.6 is 0 Å². The number of aryl methyl sites for hydroxylation is 1. The number of nitrogens with zero attached hydrogens (tertiary/aromatic N) is 1. The van der Waals surface area contributed by atoms with E-state index in [4.69, 9.17) is 0 Å². The highest BCUT2D eigenvalue weighted by Crippen LogP contribution is 2.32. The van der Waals surface area contributed by atoms with Crippen LogP contribution in [0, 0.1) is 19.7 Å². The number of rotatable bonds is 4. The predicted octanol–water partition coefficient (Wildman–Crippen LogP) is 5.23. The van der Waals surface area contributed by atoms with Crippen molar-refractivity contribution >= 4 is 20.9 Å². The first-order valence-electron chi connectivity index (χ1n) is 9.03. The SMILES string of the molecule is Cc1ccc(S(=O)(=O)n2c(C)c(Cc3ccccc3)c3ccc(F)cc32)cc1. The second-order valence-corrected chi connectivity index (χ2v) is 8.76. The van der Waals surface area contributed by atoms with Gasteiger partial charge in [-0.1, -0.05) is 48.0 Å². The minimum atomic E-state index is -3.85. The molecule has 5 heteroatoms. The third-order valence-electron chi connectivity index (χ3n) is 5.03. The summed E-state index contributed by atoms with van der Waals surface area (Å²) in [7, 11) is -3.85. The van der Waals surface area contributed by atoms with Crippen LogP contribution in [0.5, 0.6) is 0 Å². The second kappa shape index (κ2) is 6.91. The van der Waals surface area contributed by atoms with Crippen molar-refractivity contribution < 1.29 is 12.8 Å². The van der Waals surface area contributed by atoms with Crippen molar-refractivity contribution in [2.24, 2.45) is 0 Å². The Bertz CT molecular complexity index is 1260. The van der Waals surface area contributed by atoms with Gasteiger partial charge in [0.15, 0.2) is 0 Å². The van der Waals surface area contributed by atoms with Gasteiger partial charge in [0.1, 0.15) is 5.82 Å². The van der Waals surface area contributed by atoms with Crippen molar-refractivity contribution in [3.05, 3.63) is 101 Å². The molecule has 4 rings (SSSR count). The Balaban J connectivity index is 1.97. The van der Waals surface area contributed by atoms with Gasteiger partial charge in [0.25, 0.3) is 10.0 Å². The van der Waals surface area contributed by atoms with E-state index in [-0.39, 0.29) is 4.90 Å². The summed E-state index contributed by atoms with van der Waals surface area (Å²) in [4.78, 5) is 0.189. The highest BCUT2D eigenvalue weighted by atomic mass is 32.2. The van der Waals surface area contributed by atoms with Gasteiger partial charge in [0, 0.05) is 11.1 Å². The van der Waals surface area contributed by atoms with E-state index in [2.05, 4.69) is 0 Å². The van der Waals surface area contributed by atoms with Gasteiger partial charge in [0.05, 0.1) is 10.4 Å². The molecule has 1 aromatic heterocycles. The van der Waals surface area contributed by atoms with E-state index in [0.29, 0.717) is 17.6 Å². The zero-order valence-electron chi connectivity index (χ0n) is 15.7. The summed E-state index contributed by atoms with van der Waals surface area (Å²) >= 11 is 0. The monoisotopic (exact) mass is 393 g/mol. The van der Waals surface area contributed by atoms with Crippen LogP contribution in [0.15, 0.2) is 77.7 Å². The van der Waals surface area contributed by atoms with Crippen LogP contribution in [0.3, 0.4) is 0 Å². The van der Waals surface area contributed by atoms with Crippen LogP contribution in [0.2, 0.25) is 0 Å². The van der Waals surface area contributed by atoms with Crippen LogP contribution in [-0.2, 0) is 16.4 Å². The van der Waals surface area contributed by atoms with Gasteiger partial charge in [0.2, 0.25) is 0 Å². The van der Waals surface area contributed by atoms with Crippen molar-refractivity contribution in [1.82, 2.24) is 3.97 Å². The largest absolute Gasteiger partial charge is 0.268 e. The first-order chi connectivity index (χ1) is 13.4. The molecule has 142 valence electrons. The van der Waals surface area contributed by atoms with Crippen molar-refractivity contribution in [3.8, 4) is 0 Å². The lowest BCUT2D eigenvalue weighted by molar-refractivity contribution is 0.587. The van der Waals surface area contributed by atoms with Gasteiger partial charge < -0.3 is 0 Å². The zero-order chi connectivity index (χ0) is 19.9. The first-order valence-corrected chi connectivity index (χ1v) is 10.5. The maximum atomic E-state index is 14.0. The molecule has 3 nitrogen and oxygen atoms in total. The summed E-state index contributed by atoms with van der Waals surface area (Å²) in [6.07, 6.45) is 0.575. The number of halogens is 1. The molecule has 0 radical (unpaired) electrons. The summed E-state index contributed by atoms with van der Waals surface area (Å²) < 4.78 is 42.1. The quantitative estimate of drug-likeness (QED) is 0.476. The summed E-state index contributed by atoms with van der Waals surface area (Å²) in [5, 5.41) is 0.749. The molecule has 0 N–H and O–H groups in total. The molecule has 0 unspecified atom stereocenters. The lowest BCUT2D eigenvalue weighted by Gasteiger charge is -2.11. The van der Waals surface area contributed by atoms with E-state index in [1.54, 1.807) is 37.3 Å². The highest BCUT2D eigenvalue weighted by Gasteiger charge is 2.25. The predicted molar refractivity (Wildman–Crippen MR) is 110 cm³/mol. The van der Waals surface area contributed by atoms with Crippen molar-refractivity contribution in [1.29, 1.82) is 0 Å². The van der Waals surface area contributed by atoms with E-state index in [0.717, 1.165) is 22.1 Å². The van der Waals surface area contributed by atoms with Gasteiger partial charge in [-0.2, -0.15) is 0 Å². The van der Waals surface area contributed by atoms with Crippen molar-refractivity contribution in [2.75, 3.05) is 0 Å². The molecular formula is C23H20FNO2S. The summed E-state index contributed by atoms with van der Waals surface area (Å²) in [5.74, 6) is -0.461. The fourth-order valence-corrected chi connectivity index (χ4v) is 5.15. The lowest BCUT2D eigenvalue weighted by atomic mass is 10.0. The number of benzene rings is 3. The Labute approximate surface area is 164 Å². The fourth-order valence-electron chi connectivity index (χ4n) is 3.57. The van der Waals surface area contributed by atoms with E-state index in [9.17, 15) is 12.8 Å². The molecule has 0 bridgehead atoms. The van der Waals surface area contributed by atoms with E-state index in [1.165, 1.54) is 16.1 Å². The maximum Gasteiger partial charge on any atom is 0.268 e. The van der Waals surface area contributed by atoms with Crippen LogP contribution in [0.4, 0.5) is 4.39 Å². The third kappa shape index (κ3) is 3.12. The molecule has 3 aromatic carbocycles. The normalized spacial score (nSPS) is 11.8. The summed E-state index contributed by atoms with van der Waals surface area (Å²) in [6, 6.07) is 20.9. The molecule has 1 heterocycles. The van der Waals surface area contributed by atoms with Crippen LogP contribution in [0.1, 0.15) is 22.4 Å². The van der Waals surface area contributed by atoms with Crippen LogP contribution < -0.4 is 0 Å². The maximum absolute atomic E-state index is 14.0. The van der Waals surface area contributed by atoms with Gasteiger partial charge >= 0.3 is 0 Å². The molecule has 0 atom stereocenters. The van der Waals surface area contributed by atoms with E-state index in [1.807, 2.05) is 37.3 Å². The Hall–Kier alpha value is -2.92. The molecule has 0 saturated carbocycles. The Kier molecular flexibility index (Phi) is 4.55. The molecule has 0 fully saturated rings. The van der Waals surface area contributed by atoms with Gasteiger partial charge in [-0.25, -0.2) is 16.8 Å². The molecule has 0 aliphatic rings.